The Morgan fingerprint density at radius 3 is 2.46 bits per heavy atom. The molecule has 0 N–H and O–H groups in total. The number of likely N-dealkylation sites (tertiary alicyclic amines) is 1. The number of imidazole rings is 1. The molecule has 2 aromatic rings. The number of aromatic nitrogens is 2. The minimum atomic E-state index is 0.179. The quantitative estimate of drug-likeness (QED) is 0.827. The molecule has 26 heavy (non-hydrogen) atoms. The number of aryl methyl sites for hydroxylation is 1. The van der Waals surface area contributed by atoms with Gasteiger partial charge in [0.1, 0.15) is 0 Å². The maximum Gasteiger partial charge on any atom is 0.225 e. The fourth-order valence-electron chi connectivity index (χ4n) is 4.95. The molecule has 0 aliphatic carbocycles. The molecule has 1 aromatic heterocycles. The number of fused-ring (bicyclic) bond motifs is 2. The minimum absolute atomic E-state index is 0.179. The second-order valence-electron chi connectivity index (χ2n) is 8.01. The fourth-order valence-corrected chi connectivity index (χ4v) is 4.95. The van der Waals surface area contributed by atoms with Gasteiger partial charge in [-0.1, -0.05) is 12.1 Å². The molecule has 0 saturated carbocycles. The summed E-state index contributed by atoms with van der Waals surface area (Å²) in [5.41, 5.74) is 2.23. The number of amides is 1. The molecule has 0 radical (unpaired) electrons. The zero-order valence-corrected chi connectivity index (χ0v) is 15.3. The van der Waals surface area contributed by atoms with Gasteiger partial charge in [0, 0.05) is 64.2 Å². The number of hydrogen-bond donors (Lipinski definition) is 0. The maximum absolute atomic E-state index is 12.8. The molecule has 3 aliphatic rings. The van der Waals surface area contributed by atoms with E-state index in [9.17, 15) is 4.79 Å². The van der Waals surface area contributed by atoms with Crippen molar-refractivity contribution >= 4 is 22.9 Å². The third-order valence-corrected chi connectivity index (χ3v) is 6.41. The van der Waals surface area contributed by atoms with E-state index < -0.39 is 0 Å². The van der Waals surface area contributed by atoms with Gasteiger partial charge in [-0.05, 0) is 25.0 Å². The van der Waals surface area contributed by atoms with Gasteiger partial charge in [0.25, 0.3) is 0 Å². The first kappa shape index (κ1) is 16.1. The van der Waals surface area contributed by atoms with Crippen LogP contribution in [0, 0.1) is 17.8 Å². The molecule has 3 aliphatic heterocycles. The molecule has 0 bridgehead atoms. The van der Waals surface area contributed by atoms with Crippen LogP contribution < -0.4 is 4.90 Å². The highest BCUT2D eigenvalue weighted by Gasteiger charge is 2.43. The Hall–Kier alpha value is -2.08. The number of nitrogens with zero attached hydrogens (tertiary/aromatic N) is 4. The molecule has 2 atom stereocenters. The second kappa shape index (κ2) is 6.27. The van der Waals surface area contributed by atoms with Gasteiger partial charge < -0.3 is 19.1 Å². The molecule has 1 amide bonds. The molecule has 0 spiro atoms. The largest absolute Gasteiger partial charge is 0.381 e. The van der Waals surface area contributed by atoms with Crippen LogP contribution >= 0.6 is 0 Å². The normalized spacial score (nSPS) is 26.7. The molecule has 1 aromatic carbocycles. The van der Waals surface area contributed by atoms with Crippen LogP contribution in [0.1, 0.15) is 12.8 Å². The van der Waals surface area contributed by atoms with Crippen molar-refractivity contribution in [1.82, 2.24) is 14.5 Å². The fraction of sp³-hybridized carbons (Fsp3) is 0.600. The summed E-state index contributed by atoms with van der Waals surface area (Å²) in [6.07, 6.45) is 1.77. The third-order valence-electron chi connectivity index (χ3n) is 6.41. The summed E-state index contributed by atoms with van der Waals surface area (Å²) in [6.45, 7) is 5.27. The number of anilines is 1. The molecule has 6 nitrogen and oxygen atoms in total. The van der Waals surface area contributed by atoms with Crippen LogP contribution in [0.4, 0.5) is 5.95 Å². The Morgan fingerprint density at radius 1 is 1.08 bits per heavy atom. The lowest BCUT2D eigenvalue weighted by Crippen LogP contribution is -2.39. The van der Waals surface area contributed by atoms with Crippen LogP contribution in [0.3, 0.4) is 0 Å². The SMILES string of the molecule is Cn1c(N2CC3CN(C(=O)C4CCOCC4)CC3C2)nc2ccccc21. The van der Waals surface area contributed by atoms with Crippen LogP contribution in [0.5, 0.6) is 0 Å². The van der Waals surface area contributed by atoms with E-state index in [0.29, 0.717) is 17.7 Å². The molecule has 6 heteroatoms. The zero-order valence-electron chi connectivity index (χ0n) is 15.3. The van der Waals surface area contributed by atoms with Gasteiger partial charge >= 0.3 is 0 Å². The van der Waals surface area contributed by atoms with Crippen molar-refractivity contribution in [1.29, 1.82) is 0 Å². The highest BCUT2D eigenvalue weighted by atomic mass is 16.5. The minimum Gasteiger partial charge on any atom is -0.381 e. The molecule has 3 fully saturated rings. The lowest BCUT2D eigenvalue weighted by molar-refractivity contribution is -0.137. The van der Waals surface area contributed by atoms with Gasteiger partial charge in [0.05, 0.1) is 11.0 Å². The van der Waals surface area contributed by atoms with Crippen LogP contribution in [0.2, 0.25) is 0 Å². The Kier molecular flexibility index (Phi) is 3.89. The standard InChI is InChI=1S/C20H26N4O2/c1-22-18-5-3-2-4-17(18)21-20(22)24-12-15-10-23(11-16(15)13-24)19(25)14-6-8-26-9-7-14/h2-5,14-16H,6-13H2,1H3. The van der Waals surface area contributed by atoms with Gasteiger partial charge in [0.2, 0.25) is 11.9 Å². The highest BCUT2D eigenvalue weighted by molar-refractivity contribution is 5.80. The Labute approximate surface area is 153 Å². The Morgan fingerprint density at radius 2 is 1.77 bits per heavy atom. The smallest absolute Gasteiger partial charge is 0.225 e. The number of carbonyl (C=O) groups excluding carboxylic acids is 1. The maximum atomic E-state index is 12.8. The summed E-state index contributed by atoms with van der Waals surface area (Å²) in [5.74, 6) is 2.73. The number of carbonyl (C=O) groups is 1. The zero-order chi connectivity index (χ0) is 17.7. The number of hydrogen-bond acceptors (Lipinski definition) is 4. The summed E-state index contributed by atoms with van der Waals surface area (Å²) in [6, 6.07) is 8.30. The number of benzene rings is 1. The van der Waals surface area contributed by atoms with Crippen LogP contribution in [-0.4, -0.2) is 59.8 Å². The summed E-state index contributed by atoms with van der Waals surface area (Å²) in [5, 5.41) is 0. The van der Waals surface area contributed by atoms with E-state index in [1.807, 2.05) is 6.07 Å². The predicted octanol–water partition coefficient (Wildman–Crippen LogP) is 1.89. The van der Waals surface area contributed by atoms with E-state index in [2.05, 4.69) is 39.6 Å². The highest BCUT2D eigenvalue weighted by Crippen LogP contribution is 2.35. The van der Waals surface area contributed by atoms with Gasteiger partial charge in [-0.3, -0.25) is 4.79 Å². The van der Waals surface area contributed by atoms with Crippen LogP contribution in [-0.2, 0) is 16.6 Å². The average molecular weight is 354 g/mol. The lowest BCUT2D eigenvalue weighted by atomic mass is 9.99. The predicted molar refractivity (Wildman–Crippen MR) is 100 cm³/mol. The Bertz CT molecular complexity index is 812. The molecule has 2 unspecified atom stereocenters. The van der Waals surface area contributed by atoms with Gasteiger partial charge in [-0.15, -0.1) is 0 Å². The van der Waals surface area contributed by atoms with Crippen molar-refractivity contribution < 1.29 is 9.53 Å². The van der Waals surface area contributed by atoms with Crippen LogP contribution in [0.15, 0.2) is 24.3 Å². The van der Waals surface area contributed by atoms with E-state index in [1.165, 1.54) is 5.52 Å². The Balaban J connectivity index is 1.28. The molecule has 5 rings (SSSR count). The van der Waals surface area contributed by atoms with Crippen LogP contribution in [0.25, 0.3) is 11.0 Å². The number of rotatable bonds is 2. The molecular formula is C20H26N4O2. The van der Waals surface area contributed by atoms with Crippen molar-refractivity contribution in [3.63, 3.8) is 0 Å². The first-order chi connectivity index (χ1) is 12.7. The van der Waals surface area contributed by atoms with E-state index in [4.69, 9.17) is 9.72 Å². The van der Waals surface area contributed by atoms with Gasteiger partial charge in [-0.2, -0.15) is 0 Å². The lowest BCUT2D eigenvalue weighted by Gasteiger charge is -2.28. The number of ether oxygens (including phenoxy) is 1. The van der Waals surface area contributed by atoms with Crippen molar-refractivity contribution in [2.45, 2.75) is 12.8 Å². The molecule has 138 valence electrons. The number of para-hydroxylation sites is 2. The van der Waals surface area contributed by atoms with E-state index >= 15 is 0 Å². The van der Waals surface area contributed by atoms with Crippen molar-refractivity contribution in [2.24, 2.45) is 24.8 Å². The third kappa shape index (κ3) is 2.58. The topological polar surface area (TPSA) is 50.6 Å². The van der Waals surface area contributed by atoms with E-state index in [1.54, 1.807) is 0 Å². The van der Waals surface area contributed by atoms with Crippen molar-refractivity contribution in [2.75, 3.05) is 44.3 Å². The summed E-state index contributed by atoms with van der Waals surface area (Å²) < 4.78 is 7.60. The van der Waals surface area contributed by atoms with Gasteiger partial charge in [-0.25, -0.2) is 4.98 Å². The summed E-state index contributed by atoms with van der Waals surface area (Å²) in [7, 11) is 2.10. The van der Waals surface area contributed by atoms with E-state index in [0.717, 1.165) is 63.7 Å². The van der Waals surface area contributed by atoms with Crippen molar-refractivity contribution in [3.8, 4) is 0 Å². The monoisotopic (exact) mass is 354 g/mol. The summed E-state index contributed by atoms with van der Waals surface area (Å²) >= 11 is 0. The van der Waals surface area contributed by atoms with E-state index in [-0.39, 0.29) is 5.92 Å². The second-order valence-corrected chi connectivity index (χ2v) is 8.01. The molecular weight excluding hydrogens is 328 g/mol. The molecule has 4 heterocycles. The molecule has 3 saturated heterocycles. The first-order valence-electron chi connectivity index (χ1n) is 9.73. The average Bonchev–Trinajstić information content (AvgIpc) is 3.33. The van der Waals surface area contributed by atoms with Gasteiger partial charge in [0.15, 0.2) is 0 Å². The first-order valence-corrected chi connectivity index (χ1v) is 9.73. The summed E-state index contributed by atoms with van der Waals surface area (Å²) in [4.78, 5) is 22.2. The van der Waals surface area contributed by atoms with Crippen molar-refractivity contribution in [3.05, 3.63) is 24.3 Å².